The number of nitrogens with zero attached hydrogens (tertiary/aromatic N) is 1. The van der Waals surface area contributed by atoms with Crippen molar-refractivity contribution in [1.82, 2.24) is 0 Å². The van der Waals surface area contributed by atoms with Crippen LogP contribution in [-0.2, 0) is 14.3 Å². The molecule has 1 atom stereocenters. The van der Waals surface area contributed by atoms with E-state index in [0.29, 0.717) is 16.5 Å². The van der Waals surface area contributed by atoms with Crippen LogP contribution in [0.25, 0.3) is 0 Å². The van der Waals surface area contributed by atoms with Gasteiger partial charge < -0.3 is 9.47 Å². The lowest BCUT2D eigenvalue weighted by atomic mass is 10.1. The van der Waals surface area contributed by atoms with Gasteiger partial charge in [0.15, 0.2) is 6.61 Å². The van der Waals surface area contributed by atoms with Gasteiger partial charge in [-0.3, -0.25) is 9.69 Å². The van der Waals surface area contributed by atoms with Gasteiger partial charge in [-0.25, -0.2) is 4.79 Å². The second-order valence-corrected chi connectivity index (χ2v) is 6.31. The monoisotopic (exact) mass is 311 g/mol. The first-order valence-electron chi connectivity index (χ1n) is 6.66. The Balaban J connectivity index is 2.32. The van der Waals surface area contributed by atoms with Gasteiger partial charge in [-0.15, -0.1) is 0 Å². The van der Waals surface area contributed by atoms with E-state index in [0.717, 1.165) is 0 Å². The molecule has 6 heteroatoms. The molecule has 0 saturated heterocycles. The Morgan fingerprint density at radius 1 is 1.43 bits per heavy atom. The number of fused-ring (bicyclic) bond motifs is 1. The van der Waals surface area contributed by atoms with Crippen LogP contribution < -0.4 is 9.64 Å². The zero-order valence-electron chi connectivity index (χ0n) is 12.5. The molecule has 2 rings (SSSR count). The molecule has 1 amide bonds. The second kappa shape index (κ2) is 5.56. The van der Waals surface area contributed by atoms with E-state index < -0.39 is 17.6 Å². The highest BCUT2D eigenvalue weighted by atomic mass is 35.5. The molecule has 5 nitrogen and oxygen atoms in total. The summed E-state index contributed by atoms with van der Waals surface area (Å²) in [6.07, 6.45) is 0. The van der Waals surface area contributed by atoms with Gasteiger partial charge in [0.1, 0.15) is 17.4 Å². The molecule has 0 aromatic heterocycles. The molecule has 0 saturated carbocycles. The number of esters is 1. The lowest BCUT2D eigenvalue weighted by Crippen LogP contribution is -2.49. The summed E-state index contributed by atoms with van der Waals surface area (Å²) < 4.78 is 10.7. The van der Waals surface area contributed by atoms with E-state index in [9.17, 15) is 9.59 Å². The van der Waals surface area contributed by atoms with E-state index in [4.69, 9.17) is 21.1 Å². The summed E-state index contributed by atoms with van der Waals surface area (Å²) in [5.41, 5.74) is -0.130. The fourth-order valence-electron chi connectivity index (χ4n) is 2.06. The molecule has 0 fully saturated rings. The average molecular weight is 312 g/mol. The highest BCUT2D eigenvalue weighted by molar-refractivity contribution is 6.31. The lowest BCUT2D eigenvalue weighted by molar-refractivity contribution is -0.157. The molecule has 0 spiro atoms. The third-order valence-corrected chi connectivity index (χ3v) is 3.17. The molecular formula is C15H18ClNO4. The van der Waals surface area contributed by atoms with Gasteiger partial charge in [-0.05, 0) is 45.9 Å². The van der Waals surface area contributed by atoms with Gasteiger partial charge >= 0.3 is 5.97 Å². The minimum Gasteiger partial charge on any atom is -0.482 e. The zero-order valence-corrected chi connectivity index (χ0v) is 13.2. The first-order valence-corrected chi connectivity index (χ1v) is 7.04. The molecule has 114 valence electrons. The van der Waals surface area contributed by atoms with E-state index in [-0.39, 0.29) is 12.5 Å². The summed E-state index contributed by atoms with van der Waals surface area (Å²) >= 11 is 5.97. The maximum absolute atomic E-state index is 12.2. The first kappa shape index (κ1) is 15.6. The van der Waals surface area contributed by atoms with Crippen LogP contribution in [0.1, 0.15) is 27.7 Å². The molecular weight excluding hydrogens is 294 g/mol. The SMILES string of the molecule is CC(C(=O)OC(C)(C)C)N1C(=O)COc2ccc(Cl)cc21. The van der Waals surface area contributed by atoms with Gasteiger partial charge in [0, 0.05) is 5.02 Å². The number of hydrogen-bond donors (Lipinski definition) is 0. The summed E-state index contributed by atoms with van der Waals surface area (Å²) in [5.74, 6) is -0.249. The molecule has 0 N–H and O–H groups in total. The van der Waals surface area contributed by atoms with Crippen LogP contribution in [0.15, 0.2) is 18.2 Å². The molecule has 1 aromatic rings. The summed E-state index contributed by atoms with van der Waals surface area (Å²) in [4.78, 5) is 25.7. The molecule has 1 aliphatic heterocycles. The third-order valence-electron chi connectivity index (χ3n) is 2.94. The number of benzene rings is 1. The van der Waals surface area contributed by atoms with Crippen LogP contribution in [0.4, 0.5) is 5.69 Å². The molecule has 1 aromatic carbocycles. The van der Waals surface area contributed by atoms with Crippen molar-refractivity contribution in [3.63, 3.8) is 0 Å². The van der Waals surface area contributed by atoms with Crippen molar-refractivity contribution in [2.75, 3.05) is 11.5 Å². The van der Waals surface area contributed by atoms with Crippen LogP contribution >= 0.6 is 11.6 Å². The van der Waals surface area contributed by atoms with Crippen molar-refractivity contribution in [2.45, 2.75) is 39.3 Å². The van der Waals surface area contributed by atoms with Crippen LogP contribution in [0.3, 0.4) is 0 Å². The van der Waals surface area contributed by atoms with Crippen molar-refractivity contribution in [1.29, 1.82) is 0 Å². The topological polar surface area (TPSA) is 55.8 Å². The Morgan fingerprint density at radius 2 is 2.10 bits per heavy atom. The van der Waals surface area contributed by atoms with E-state index in [1.165, 1.54) is 4.90 Å². The summed E-state index contributed by atoms with van der Waals surface area (Å²) in [6, 6.07) is 4.21. The molecule has 0 aliphatic carbocycles. The maximum atomic E-state index is 12.2. The van der Waals surface area contributed by atoms with Crippen LogP contribution in [-0.4, -0.2) is 30.1 Å². The molecule has 1 heterocycles. The zero-order chi connectivity index (χ0) is 15.8. The summed E-state index contributed by atoms with van der Waals surface area (Å²) in [7, 11) is 0. The Bertz CT molecular complexity index is 580. The number of carbonyl (C=O) groups is 2. The van der Waals surface area contributed by atoms with Crippen molar-refractivity contribution in [3.8, 4) is 5.75 Å². The maximum Gasteiger partial charge on any atom is 0.329 e. The summed E-state index contributed by atoms with van der Waals surface area (Å²) in [5, 5.41) is 0.466. The number of hydrogen-bond acceptors (Lipinski definition) is 4. The minimum atomic E-state index is -0.752. The predicted octanol–water partition coefficient (Wildman–Crippen LogP) is 2.80. The number of ether oxygens (including phenoxy) is 2. The van der Waals surface area contributed by atoms with Crippen LogP contribution in [0.5, 0.6) is 5.75 Å². The van der Waals surface area contributed by atoms with Crippen LogP contribution in [0.2, 0.25) is 5.02 Å². The average Bonchev–Trinajstić information content (AvgIpc) is 2.35. The largest absolute Gasteiger partial charge is 0.482 e. The van der Waals surface area contributed by atoms with Gasteiger partial charge in [0.2, 0.25) is 0 Å². The Hall–Kier alpha value is -1.75. The standard InChI is InChI=1S/C15H18ClNO4/c1-9(14(19)21-15(2,3)4)17-11-7-10(16)5-6-12(11)20-8-13(17)18/h5-7,9H,8H2,1-4H3. The Kier molecular flexibility index (Phi) is 4.14. The Labute approximate surface area is 128 Å². The molecule has 0 bridgehead atoms. The fourth-order valence-corrected chi connectivity index (χ4v) is 2.23. The normalized spacial score (nSPS) is 16.0. The van der Waals surface area contributed by atoms with Gasteiger partial charge in [-0.2, -0.15) is 0 Å². The van der Waals surface area contributed by atoms with Crippen LogP contribution in [0, 0.1) is 0 Å². The molecule has 1 aliphatic rings. The highest BCUT2D eigenvalue weighted by Gasteiger charge is 2.35. The lowest BCUT2D eigenvalue weighted by Gasteiger charge is -2.34. The van der Waals surface area contributed by atoms with Crippen molar-refractivity contribution in [2.24, 2.45) is 0 Å². The predicted molar refractivity (Wildman–Crippen MR) is 79.7 cm³/mol. The van der Waals surface area contributed by atoms with E-state index in [1.54, 1.807) is 45.9 Å². The van der Waals surface area contributed by atoms with Gasteiger partial charge in [0.05, 0.1) is 5.69 Å². The fraction of sp³-hybridized carbons (Fsp3) is 0.467. The smallest absolute Gasteiger partial charge is 0.329 e. The molecule has 1 unspecified atom stereocenters. The second-order valence-electron chi connectivity index (χ2n) is 5.87. The van der Waals surface area contributed by atoms with Crippen molar-refractivity contribution >= 4 is 29.2 Å². The molecule has 0 radical (unpaired) electrons. The third kappa shape index (κ3) is 3.47. The van der Waals surface area contributed by atoms with E-state index >= 15 is 0 Å². The summed E-state index contributed by atoms with van der Waals surface area (Å²) in [6.45, 7) is 6.86. The Morgan fingerprint density at radius 3 is 2.71 bits per heavy atom. The number of rotatable bonds is 2. The quantitative estimate of drug-likeness (QED) is 0.788. The van der Waals surface area contributed by atoms with Gasteiger partial charge in [0.25, 0.3) is 5.91 Å². The number of carbonyl (C=O) groups excluding carboxylic acids is 2. The minimum absolute atomic E-state index is 0.109. The van der Waals surface area contributed by atoms with Gasteiger partial charge in [-0.1, -0.05) is 11.6 Å². The van der Waals surface area contributed by atoms with E-state index in [2.05, 4.69) is 0 Å². The number of halogens is 1. The molecule has 21 heavy (non-hydrogen) atoms. The highest BCUT2D eigenvalue weighted by Crippen LogP contribution is 2.35. The van der Waals surface area contributed by atoms with Crippen molar-refractivity contribution in [3.05, 3.63) is 23.2 Å². The van der Waals surface area contributed by atoms with E-state index in [1.807, 2.05) is 0 Å². The first-order chi connectivity index (χ1) is 9.69. The number of anilines is 1. The number of amides is 1. The van der Waals surface area contributed by atoms with Crippen molar-refractivity contribution < 1.29 is 19.1 Å².